The third kappa shape index (κ3) is 9.53. The maximum absolute atomic E-state index is 4.62. The van der Waals surface area contributed by atoms with Gasteiger partial charge in [-0.25, -0.2) is 4.99 Å². The van der Waals surface area contributed by atoms with E-state index in [-0.39, 0.29) is 24.0 Å². The Morgan fingerprint density at radius 3 is 2.32 bits per heavy atom. The number of hydrogen-bond acceptors (Lipinski definition) is 3. The first-order valence-corrected chi connectivity index (χ1v) is 8.78. The van der Waals surface area contributed by atoms with E-state index in [0.717, 1.165) is 31.3 Å². The van der Waals surface area contributed by atoms with Crippen LogP contribution >= 0.6 is 35.7 Å². The zero-order chi connectivity index (χ0) is 15.5. The molecule has 0 saturated heterocycles. The van der Waals surface area contributed by atoms with Crippen LogP contribution in [0.5, 0.6) is 0 Å². The van der Waals surface area contributed by atoms with Crippen LogP contribution in [0.15, 0.2) is 29.3 Å². The molecule has 1 aromatic rings. The smallest absolute Gasteiger partial charge is 0.191 e. The van der Waals surface area contributed by atoms with E-state index in [1.54, 1.807) is 0 Å². The first-order valence-electron chi connectivity index (χ1n) is 7.39. The zero-order valence-electron chi connectivity index (χ0n) is 14.1. The van der Waals surface area contributed by atoms with Gasteiger partial charge in [0.25, 0.3) is 0 Å². The summed E-state index contributed by atoms with van der Waals surface area (Å²) in [7, 11) is 4.17. The minimum absolute atomic E-state index is 0. The number of benzene rings is 1. The van der Waals surface area contributed by atoms with Gasteiger partial charge < -0.3 is 15.5 Å². The number of rotatable bonds is 8. The number of guanidine groups is 1. The van der Waals surface area contributed by atoms with Gasteiger partial charge in [-0.05, 0) is 38.4 Å². The van der Waals surface area contributed by atoms with Crippen LogP contribution < -0.4 is 10.6 Å². The average molecular weight is 436 g/mol. The summed E-state index contributed by atoms with van der Waals surface area (Å²) in [4.78, 5) is 6.79. The van der Waals surface area contributed by atoms with Crippen LogP contribution in [0.3, 0.4) is 0 Å². The molecule has 22 heavy (non-hydrogen) atoms. The van der Waals surface area contributed by atoms with Crippen LogP contribution in [0.1, 0.15) is 18.1 Å². The van der Waals surface area contributed by atoms with Gasteiger partial charge in [0.1, 0.15) is 0 Å². The van der Waals surface area contributed by atoms with E-state index < -0.39 is 0 Å². The van der Waals surface area contributed by atoms with E-state index in [1.807, 2.05) is 11.8 Å². The Morgan fingerprint density at radius 1 is 1.14 bits per heavy atom. The molecule has 0 heterocycles. The Labute approximate surface area is 156 Å². The molecular formula is C16H29IN4S. The quantitative estimate of drug-likeness (QED) is 0.285. The fraction of sp³-hybridized carbons (Fsp3) is 0.562. The molecule has 0 amide bonds. The van der Waals surface area contributed by atoms with Gasteiger partial charge >= 0.3 is 0 Å². The topological polar surface area (TPSA) is 39.7 Å². The third-order valence-electron chi connectivity index (χ3n) is 2.88. The third-order valence-corrected chi connectivity index (χ3v) is 3.50. The molecule has 0 fully saturated rings. The number of nitrogens with one attached hydrogen (secondary N) is 2. The molecule has 0 aromatic heterocycles. The van der Waals surface area contributed by atoms with Crippen LogP contribution in [0, 0.1) is 0 Å². The lowest BCUT2D eigenvalue weighted by molar-refractivity contribution is 0.402. The molecular weight excluding hydrogens is 407 g/mol. The summed E-state index contributed by atoms with van der Waals surface area (Å²) in [6, 6.07) is 8.68. The van der Waals surface area contributed by atoms with Crippen molar-refractivity contribution >= 4 is 41.7 Å². The molecule has 0 radical (unpaired) electrons. The van der Waals surface area contributed by atoms with Crippen molar-refractivity contribution in [2.75, 3.05) is 39.2 Å². The van der Waals surface area contributed by atoms with Gasteiger partial charge in [0.2, 0.25) is 0 Å². The molecule has 0 aliphatic carbocycles. The fourth-order valence-electron chi connectivity index (χ4n) is 1.90. The van der Waals surface area contributed by atoms with Crippen LogP contribution in [0.25, 0.3) is 0 Å². The molecule has 1 aromatic carbocycles. The maximum Gasteiger partial charge on any atom is 0.191 e. The predicted molar refractivity (Wildman–Crippen MR) is 110 cm³/mol. The summed E-state index contributed by atoms with van der Waals surface area (Å²) >= 11 is 1.83. The van der Waals surface area contributed by atoms with Crippen molar-refractivity contribution in [2.24, 2.45) is 4.99 Å². The summed E-state index contributed by atoms with van der Waals surface area (Å²) in [5, 5.41) is 6.61. The van der Waals surface area contributed by atoms with E-state index in [2.05, 4.69) is 72.1 Å². The molecule has 0 spiro atoms. The van der Waals surface area contributed by atoms with E-state index in [1.165, 1.54) is 11.1 Å². The lowest BCUT2D eigenvalue weighted by atomic mass is 10.1. The standard InChI is InChI=1S/C16H28N4S.HI/c1-5-17-16(18-10-11-21-4)19-12-14-6-8-15(9-7-14)13-20(2)3;/h6-9H,5,10-13H2,1-4H3,(H2,17,18,19);1H. The van der Waals surface area contributed by atoms with Gasteiger partial charge in [-0.15, -0.1) is 24.0 Å². The Kier molecular flexibility index (Phi) is 12.7. The van der Waals surface area contributed by atoms with Crippen LogP contribution in [0.4, 0.5) is 0 Å². The Balaban J connectivity index is 0.00000441. The Morgan fingerprint density at radius 2 is 1.77 bits per heavy atom. The average Bonchev–Trinajstić information content (AvgIpc) is 2.46. The molecule has 0 saturated carbocycles. The fourth-order valence-corrected chi connectivity index (χ4v) is 2.21. The van der Waals surface area contributed by atoms with E-state index in [4.69, 9.17) is 0 Å². The SMILES string of the molecule is CCNC(=NCc1ccc(CN(C)C)cc1)NCCSC.I. The monoisotopic (exact) mass is 436 g/mol. The van der Waals surface area contributed by atoms with Crippen LogP contribution in [-0.2, 0) is 13.1 Å². The Hall–Kier alpha value is -0.470. The summed E-state index contributed by atoms with van der Waals surface area (Å²) in [5.41, 5.74) is 2.57. The Bertz CT molecular complexity index is 421. The molecule has 0 unspecified atom stereocenters. The highest BCUT2D eigenvalue weighted by molar-refractivity contribution is 14.0. The van der Waals surface area contributed by atoms with Crippen molar-refractivity contribution in [3.63, 3.8) is 0 Å². The van der Waals surface area contributed by atoms with Crippen LogP contribution in [0.2, 0.25) is 0 Å². The van der Waals surface area contributed by atoms with Crippen molar-refractivity contribution < 1.29 is 0 Å². The molecule has 0 aliphatic heterocycles. The van der Waals surface area contributed by atoms with E-state index >= 15 is 0 Å². The highest BCUT2D eigenvalue weighted by Crippen LogP contribution is 2.07. The normalized spacial score (nSPS) is 11.2. The molecule has 4 nitrogen and oxygen atoms in total. The minimum Gasteiger partial charge on any atom is -0.357 e. The second kappa shape index (κ2) is 13.0. The van der Waals surface area contributed by atoms with Crippen molar-refractivity contribution in [1.29, 1.82) is 0 Å². The first-order chi connectivity index (χ1) is 10.2. The lowest BCUT2D eigenvalue weighted by Gasteiger charge is -2.11. The van der Waals surface area contributed by atoms with Crippen molar-refractivity contribution in [1.82, 2.24) is 15.5 Å². The molecule has 6 heteroatoms. The molecule has 0 atom stereocenters. The van der Waals surface area contributed by atoms with Gasteiger partial charge in [0, 0.05) is 25.4 Å². The molecule has 1 rings (SSSR count). The second-order valence-electron chi connectivity index (χ2n) is 5.17. The number of thioether (sulfide) groups is 1. The van der Waals surface area contributed by atoms with Gasteiger partial charge in [-0.3, -0.25) is 0 Å². The van der Waals surface area contributed by atoms with Crippen LogP contribution in [-0.4, -0.2) is 50.1 Å². The summed E-state index contributed by atoms with van der Waals surface area (Å²) in [6.07, 6.45) is 2.11. The highest BCUT2D eigenvalue weighted by atomic mass is 127. The maximum atomic E-state index is 4.62. The summed E-state index contributed by atoms with van der Waals surface area (Å²) in [5.74, 6) is 1.98. The first kappa shape index (κ1) is 21.5. The summed E-state index contributed by atoms with van der Waals surface area (Å²) < 4.78 is 0. The number of hydrogen-bond donors (Lipinski definition) is 2. The van der Waals surface area contributed by atoms with Crippen molar-refractivity contribution in [3.05, 3.63) is 35.4 Å². The van der Waals surface area contributed by atoms with E-state index in [9.17, 15) is 0 Å². The molecule has 0 aliphatic rings. The van der Waals surface area contributed by atoms with Gasteiger partial charge in [0.15, 0.2) is 5.96 Å². The molecule has 0 bridgehead atoms. The summed E-state index contributed by atoms with van der Waals surface area (Å²) in [6.45, 7) is 5.59. The molecule has 2 N–H and O–H groups in total. The van der Waals surface area contributed by atoms with Crippen molar-refractivity contribution in [2.45, 2.75) is 20.0 Å². The molecule has 126 valence electrons. The lowest BCUT2D eigenvalue weighted by Crippen LogP contribution is -2.38. The van der Waals surface area contributed by atoms with Crippen molar-refractivity contribution in [3.8, 4) is 0 Å². The zero-order valence-corrected chi connectivity index (χ0v) is 17.2. The van der Waals surface area contributed by atoms with E-state index in [0.29, 0.717) is 6.54 Å². The number of halogens is 1. The number of aliphatic imine (C=N–C) groups is 1. The largest absolute Gasteiger partial charge is 0.357 e. The highest BCUT2D eigenvalue weighted by Gasteiger charge is 1.98. The predicted octanol–water partition coefficient (Wildman–Crippen LogP) is 2.78. The van der Waals surface area contributed by atoms with Gasteiger partial charge in [-0.2, -0.15) is 11.8 Å². The minimum atomic E-state index is 0. The number of nitrogens with zero attached hydrogens (tertiary/aromatic N) is 2. The van der Waals surface area contributed by atoms with Gasteiger partial charge in [0.05, 0.1) is 6.54 Å². The second-order valence-corrected chi connectivity index (χ2v) is 6.15. The van der Waals surface area contributed by atoms with Gasteiger partial charge in [-0.1, -0.05) is 24.3 Å².